The van der Waals surface area contributed by atoms with E-state index in [0.29, 0.717) is 39.9 Å². The molecule has 1 heterocycles. The molecule has 3 atom stereocenters. The van der Waals surface area contributed by atoms with E-state index in [1.807, 2.05) is 6.07 Å². The van der Waals surface area contributed by atoms with Crippen molar-refractivity contribution in [2.75, 3.05) is 14.2 Å². The number of benzene rings is 1. The van der Waals surface area contributed by atoms with Crippen molar-refractivity contribution >= 4 is 17.3 Å². The molecule has 28 heavy (non-hydrogen) atoms. The fourth-order valence-corrected chi connectivity index (χ4v) is 6.32. The van der Waals surface area contributed by atoms with Crippen LogP contribution in [0.4, 0.5) is 0 Å². The number of furan rings is 1. The summed E-state index contributed by atoms with van der Waals surface area (Å²) in [6.07, 6.45) is 6.80. The molecule has 152 valence electrons. The molecule has 0 bridgehead atoms. The third-order valence-corrected chi connectivity index (χ3v) is 7.64. The van der Waals surface area contributed by atoms with E-state index in [9.17, 15) is 4.79 Å². The summed E-state index contributed by atoms with van der Waals surface area (Å²) in [5, 5.41) is 1.02. The van der Waals surface area contributed by atoms with Crippen LogP contribution in [0.2, 0.25) is 0 Å². The Morgan fingerprint density at radius 3 is 2.54 bits per heavy atom. The van der Waals surface area contributed by atoms with Gasteiger partial charge in [0.2, 0.25) is 0 Å². The second-order valence-corrected chi connectivity index (χ2v) is 9.65. The molecule has 0 radical (unpaired) electrons. The molecule has 0 spiro atoms. The number of carbonyl (C=O) groups excluding carboxylic acids is 1. The molecule has 1 fully saturated rings. The van der Waals surface area contributed by atoms with E-state index < -0.39 is 0 Å². The van der Waals surface area contributed by atoms with Crippen LogP contribution in [0.15, 0.2) is 10.5 Å². The van der Waals surface area contributed by atoms with Crippen LogP contribution in [0.5, 0.6) is 11.5 Å². The molecule has 2 aliphatic carbocycles. The van der Waals surface area contributed by atoms with Crippen LogP contribution in [-0.2, 0) is 5.41 Å². The second kappa shape index (κ2) is 6.53. The van der Waals surface area contributed by atoms with Crippen molar-refractivity contribution in [2.24, 2.45) is 11.3 Å². The van der Waals surface area contributed by atoms with Crippen molar-refractivity contribution in [2.45, 2.75) is 71.1 Å². The summed E-state index contributed by atoms with van der Waals surface area (Å²) >= 11 is 0. The number of rotatable bonds is 3. The minimum atomic E-state index is 0.0346. The van der Waals surface area contributed by atoms with Crippen molar-refractivity contribution in [3.8, 4) is 11.5 Å². The van der Waals surface area contributed by atoms with E-state index in [4.69, 9.17) is 13.9 Å². The highest BCUT2D eigenvalue weighted by Gasteiger charge is 2.51. The third kappa shape index (κ3) is 2.53. The molecule has 4 rings (SSSR count). The van der Waals surface area contributed by atoms with Gasteiger partial charge in [0.1, 0.15) is 16.9 Å². The number of fused-ring (bicyclic) bond motifs is 5. The van der Waals surface area contributed by atoms with Crippen LogP contribution in [0.25, 0.3) is 11.0 Å². The Morgan fingerprint density at radius 1 is 1.14 bits per heavy atom. The summed E-state index contributed by atoms with van der Waals surface area (Å²) in [7, 11) is 3.18. The van der Waals surface area contributed by atoms with Crippen LogP contribution in [0, 0.1) is 11.3 Å². The summed E-state index contributed by atoms with van der Waals surface area (Å²) in [6.45, 7) is 9.52. The smallest absolute Gasteiger partial charge is 0.175 e. The van der Waals surface area contributed by atoms with Gasteiger partial charge in [0.05, 0.1) is 14.2 Å². The predicted molar refractivity (Wildman–Crippen MR) is 111 cm³/mol. The second-order valence-electron chi connectivity index (χ2n) is 9.65. The lowest BCUT2D eigenvalue weighted by molar-refractivity contribution is 0.0504. The Labute approximate surface area is 167 Å². The Kier molecular flexibility index (Phi) is 4.52. The van der Waals surface area contributed by atoms with E-state index in [1.54, 1.807) is 14.2 Å². The highest BCUT2D eigenvalue weighted by atomic mass is 16.5. The minimum Gasteiger partial charge on any atom is -0.493 e. The van der Waals surface area contributed by atoms with Gasteiger partial charge < -0.3 is 13.9 Å². The zero-order valence-electron chi connectivity index (χ0n) is 18.0. The van der Waals surface area contributed by atoms with Crippen LogP contribution in [-0.4, -0.2) is 20.5 Å². The monoisotopic (exact) mass is 384 g/mol. The van der Waals surface area contributed by atoms with Crippen LogP contribution >= 0.6 is 0 Å². The maximum absolute atomic E-state index is 12.0. The third-order valence-electron chi connectivity index (χ3n) is 7.64. The molecule has 1 aromatic carbocycles. The zero-order chi connectivity index (χ0) is 20.3. The predicted octanol–water partition coefficient (Wildman–Crippen LogP) is 6.24. The van der Waals surface area contributed by atoms with Gasteiger partial charge in [0.15, 0.2) is 17.8 Å². The number of ether oxygens (including phenoxy) is 2. The number of hydrogen-bond acceptors (Lipinski definition) is 4. The Hall–Kier alpha value is -1.97. The standard InChI is InChI=1S/C24H32O4/c1-14-8-9-18-23(2,3)10-7-11-24(18,4)19-15-12-17(26-5)22(27-6)16(13-25)21(15)28-20(14)19/h12-14,18H,7-11H2,1-6H3/t14-,18+,24+/m1/s1. The van der Waals surface area contributed by atoms with Gasteiger partial charge in [0.25, 0.3) is 0 Å². The molecule has 1 aromatic heterocycles. The Morgan fingerprint density at radius 2 is 1.89 bits per heavy atom. The van der Waals surface area contributed by atoms with E-state index in [2.05, 4.69) is 27.7 Å². The molecular weight excluding hydrogens is 352 g/mol. The minimum absolute atomic E-state index is 0.0346. The summed E-state index contributed by atoms with van der Waals surface area (Å²) in [5.74, 6) is 3.01. The lowest BCUT2D eigenvalue weighted by atomic mass is 9.53. The van der Waals surface area contributed by atoms with E-state index in [0.717, 1.165) is 30.3 Å². The first kappa shape index (κ1) is 19.4. The zero-order valence-corrected chi connectivity index (χ0v) is 18.0. The molecule has 0 aliphatic heterocycles. The first-order valence-corrected chi connectivity index (χ1v) is 10.5. The van der Waals surface area contributed by atoms with Crippen molar-refractivity contribution in [1.29, 1.82) is 0 Å². The van der Waals surface area contributed by atoms with Gasteiger partial charge in [-0.3, -0.25) is 4.79 Å². The molecule has 4 heteroatoms. The van der Waals surface area contributed by atoms with Gasteiger partial charge >= 0.3 is 0 Å². The van der Waals surface area contributed by atoms with Crippen LogP contribution in [0.3, 0.4) is 0 Å². The maximum Gasteiger partial charge on any atom is 0.175 e. The number of methoxy groups -OCH3 is 2. The highest BCUT2D eigenvalue weighted by molar-refractivity contribution is 6.01. The van der Waals surface area contributed by atoms with E-state index in [1.165, 1.54) is 24.8 Å². The van der Waals surface area contributed by atoms with Gasteiger partial charge in [-0.2, -0.15) is 0 Å². The first-order valence-electron chi connectivity index (χ1n) is 10.5. The summed E-state index contributed by atoms with van der Waals surface area (Å²) < 4.78 is 17.6. The molecule has 0 N–H and O–H groups in total. The SMILES string of the molecule is COc1cc2c3c(oc2c(C=O)c1OC)[C@H](C)CC[C@H]1C(C)(C)CCC[C@]31C. The lowest BCUT2D eigenvalue weighted by Crippen LogP contribution is -2.44. The van der Waals surface area contributed by atoms with Gasteiger partial charge in [-0.15, -0.1) is 0 Å². The topological polar surface area (TPSA) is 48.7 Å². The molecule has 2 aliphatic rings. The van der Waals surface area contributed by atoms with Crippen molar-refractivity contribution in [3.63, 3.8) is 0 Å². The quantitative estimate of drug-likeness (QED) is 0.587. The molecule has 2 aromatic rings. The van der Waals surface area contributed by atoms with Crippen molar-refractivity contribution in [3.05, 3.63) is 23.0 Å². The number of hydrogen-bond donors (Lipinski definition) is 0. The molecule has 0 amide bonds. The van der Waals surface area contributed by atoms with E-state index >= 15 is 0 Å². The summed E-state index contributed by atoms with van der Waals surface area (Å²) in [5.41, 5.74) is 2.73. The van der Waals surface area contributed by atoms with E-state index in [-0.39, 0.29) is 5.41 Å². The fourth-order valence-electron chi connectivity index (χ4n) is 6.32. The molecule has 0 saturated heterocycles. The average Bonchev–Trinajstić information content (AvgIpc) is 3.00. The molecule has 1 saturated carbocycles. The fraction of sp³-hybridized carbons (Fsp3) is 0.625. The number of carbonyl (C=O) groups is 1. The molecule has 0 unspecified atom stereocenters. The molecule has 4 nitrogen and oxygen atoms in total. The number of aldehydes is 1. The van der Waals surface area contributed by atoms with Crippen molar-refractivity contribution in [1.82, 2.24) is 0 Å². The van der Waals surface area contributed by atoms with Gasteiger partial charge in [0, 0.05) is 16.9 Å². The maximum atomic E-state index is 12.0. The van der Waals surface area contributed by atoms with Gasteiger partial charge in [-0.25, -0.2) is 0 Å². The Balaban J connectivity index is 2.09. The summed E-state index contributed by atoms with van der Waals surface area (Å²) in [4.78, 5) is 12.0. The van der Waals surface area contributed by atoms with Crippen LogP contribution < -0.4 is 9.47 Å². The largest absolute Gasteiger partial charge is 0.493 e. The lowest BCUT2D eigenvalue weighted by Gasteiger charge is -2.50. The first-order chi connectivity index (χ1) is 13.3. The average molecular weight is 385 g/mol. The van der Waals surface area contributed by atoms with Gasteiger partial charge in [-0.1, -0.05) is 34.1 Å². The molecular formula is C24H32O4. The Bertz CT molecular complexity index is 923. The van der Waals surface area contributed by atoms with Gasteiger partial charge in [-0.05, 0) is 48.5 Å². The summed E-state index contributed by atoms with van der Waals surface area (Å²) in [6, 6.07) is 2.02. The normalized spacial score (nSPS) is 28.9. The highest BCUT2D eigenvalue weighted by Crippen LogP contribution is 2.60. The van der Waals surface area contributed by atoms with Crippen LogP contribution in [0.1, 0.15) is 87.4 Å². The van der Waals surface area contributed by atoms with Crippen molar-refractivity contribution < 1.29 is 18.7 Å².